The fourth-order valence-electron chi connectivity index (χ4n) is 2.76. The molecule has 3 rings (SSSR count). The highest BCUT2D eigenvalue weighted by Crippen LogP contribution is 2.23. The Balaban J connectivity index is 1.78. The van der Waals surface area contributed by atoms with Crippen LogP contribution in [0.25, 0.3) is 0 Å². The Morgan fingerprint density at radius 2 is 1.71 bits per heavy atom. The van der Waals surface area contributed by atoms with Crippen molar-refractivity contribution in [2.24, 2.45) is 0 Å². The van der Waals surface area contributed by atoms with Crippen LogP contribution in [0.1, 0.15) is 5.69 Å². The maximum atomic E-state index is 12.9. The standard InChI is InChI=1S/C21H21N3O3S/c1-17-9-6-7-14-24(17)16-21(25)22-18-10-8-13-20(15-18)28(26,27)23(2)19-11-4-3-5-12-19/h3-15H,16H2,1-2H3/p+1. The van der Waals surface area contributed by atoms with Gasteiger partial charge in [0.15, 0.2) is 11.9 Å². The molecule has 0 radical (unpaired) electrons. The summed E-state index contributed by atoms with van der Waals surface area (Å²) in [4.78, 5) is 12.5. The summed E-state index contributed by atoms with van der Waals surface area (Å²) in [6.45, 7) is 2.06. The molecule has 1 amide bonds. The highest BCUT2D eigenvalue weighted by molar-refractivity contribution is 7.92. The SMILES string of the molecule is Cc1cccc[n+]1CC(=O)Nc1cccc(S(=O)(=O)N(C)c2ccccc2)c1. The Morgan fingerprint density at radius 1 is 1.00 bits per heavy atom. The minimum Gasteiger partial charge on any atom is -0.321 e. The van der Waals surface area contributed by atoms with E-state index in [9.17, 15) is 13.2 Å². The molecule has 0 aliphatic heterocycles. The van der Waals surface area contributed by atoms with E-state index in [1.165, 1.54) is 23.5 Å². The molecule has 0 saturated carbocycles. The third-order valence-corrected chi connectivity index (χ3v) is 6.16. The number of aryl methyl sites for hydroxylation is 1. The minimum absolute atomic E-state index is 0.111. The molecule has 0 aliphatic rings. The van der Waals surface area contributed by atoms with Crippen LogP contribution in [0.5, 0.6) is 0 Å². The number of carbonyl (C=O) groups is 1. The van der Waals surface area contributed by atoms with E-state index in [0.717, 1.165) is 5.69 Å². The summed E-state index contributed by atoms with van der Waals surface area (Å²) in [6.07, 6.45) is 1.82. The van der Waals surface area contributed by atoms with Gasteiger partial charge in [-0.2, -0.15) is 4.57 Å². The predicted molar refractivity (Wildman–Crippen MR) is 108 cm³/mol. The molecule has 0 saturated heterocycles. The number of aromatic nitrogens is 1. The number of carbonyl (C=O) groups excluding carboxylic acids is 1. The van der Waals surface area contributed by atoms with Crippen molar-refractivity contribution >= 4 is 27.3 Å². The molecule has 6 nitrogen and oxygen atoms in total. The second-order valence-corrected chi connectivity index (χ2v) is 8.32. The van der Waals surface area contributed by atoms with E-state index in [1.807, 2.05) is 42.0 Å². The number of hydrogen-bond donors (Lipinski definition) is 1. The second-order valence-electron chi connectivity index (χ2n) is 6.35. The first-order valence-corrected chi connectivity index (χ1v) is 10.2. The molecule has 0 spiro atoms. The molecular weight excluding hydrogens is 374 g/mol. The van der Waals surface area contributed by atoms with Crippen molar-refractivity contribution < 1.29 is 17.8 Å². The molecule has 3 aromatic rings. The maximum absolute atomic E-state index is 12.9. The van der Waals surface area contributed by atoms with Gasteiger partial charge in [0.2, 0.25) is 6.54 Å². The fourth-order valence-corrected chi connectivity index (χ4v) is 4.01. The van der Waals surface area contributed by atoms with E-state index in [0.29, 0.717) is 11.4 Å². The van der Waals surface area contributed by atoms with Crippen LogP contribution in [-0.4, -0.2) is 21.4 Å². The van der Waals surface area contributed by atoms with Crippen LogP contribution in [0.15, 0.2) is 83.9 Å². The summed E-state index contributed by atoms with van der Waals surface area (Å²) in [6, 6.07) is 20.8. The molecule has 1 N–H and O–H groups in total. The van der Waals surface area contributed by atoms with Crippen LogP contribution in [0.2, 0.25) is 0 Å². The Labute approximate surface area is 165 Å². The number of pyridine rings is 1. The van der Waals surface area contributed by atoms with Gasteiger partial charge in [0.25, 0.3) is 15.9 Å². The van der Waals surface area contributed by atoms with Gasteiger partial charge in [-0.25, -0.2) is 8.42 Å². The third kappa shape index (κ3) is 4.37. The van der Waals surface area contributed by atoms with Gasteiger partial charge in [-0.05, 0) is 30.3 Å². The minimum atomic E-state index is -3.74. The summed E-state index contributed by atoms with van der Waals surface area (Å²) in [5, 5.41) is 2.77. The zero-order chi connectivity index (χ0) is 20.1. The first kappa shape index (κ1) is 19.6. The molecule has 0 bridgehead atoms. The molecular formula is C21H22N3O3S+. The quantitative estimate of drug-likeness (QED) is 0.652. The average molecular weight is 396 g/mol. The van der Waals surface area contributed by atoms with Crippen LogP contribution in [0.4, 0.5) is 11.4 Å². The van der Waals surface area contributed by atoms with Crippen molar-refractivity contribution in [3.63, 3.8) is 0 Å². The molecule has 0 aliphatic carbocycles. The number of benzene rings is 2. The largest absolute Gasteiger partial charge is 0.321 e. The lowest BCUT2D eigenvalue weighted by Gasteiger charge is -2.19. The Morgan fingerprint density at radius 3 is 2.43 bits per heavy atom. The van der Waals surface area contributed by atoms with E-state index in [4.69, 9.17) is 0 Å². The molecule has 1 heterocycles. The van der Waals surface area contributed by atoms with E-state index in [-0.39, 0.29) is 17.3 Å². The van der Waals surface area contributed by atoms with Crippen molar-refractivity contribution in [1.82, 2.24) is 0 Å². The van der Waals surface area contributed by atoms with E-state index in [2.05, 4.69) is 5.32 Å². The topological polar surface area (TPSA) is 70.4 Å². The lowest BCUT2D eigenvalue weighted by atomic mass is 10.3. The molecule has 2 aromatic carbocycles. The van der Waals surface area contributed by atoms with Gasteiger partial charge in [0, 0.05) is 31.8 Å². The lowest BCUT2D eigenvalue weighted by Crippen LogP contribution is -2.42. The molecule has 144 valence electrons. The molecule has 1 aromatic heterocycles. The number of anilines is 2. The van der Waals surface area contributed by atoms with Crippen molar-refractivity contribution in [2.45, 2.75) is 18.4 Å². The second kappa shape index (κ2) is 8.22. The number of amides is 1. The van der Waals surface area contributed by atoms with Gasteiger partial charge < -0.3 is 5.32 Å². The highest BCUT2D eigenvalue weighted by Gasteiger charge is 2.22. The summed E-state index contributed by atoms with van der Waals surface area (Å²) >= 11 is 0. The van der Waals surface area contributed by atoms with E-state index in [1.54, 1.807) is 36.4 Å². The Kier molecular flexibility index (Phi) is 5.75. The highest BCUT2D eigenvalue weighted by atomic mass is 32.2. The zero-order valence-corrected chi connectivity index (χ0v) is 16.6. The van der Waals surface area contributed by atoms with Crippen LogP contribution in [-0.2, 0) is 21.4 Å². The van der Waals surface area contributed by atoms with E-state index >= 15 is 0 Å². The lowest BCUT2D eigenvalue weighted by molar-refractivity contribution is -0.690. The Hall–Kier alpha value is -3.19. The maximum Gasteiger partial charge on any atom is 0.290 e. The van der Waals surface area contributed by atoms with Crippen LogP contribution in [0.3, 0.4) is 0 Å². The van der Waals surface area contributed by atoms with Gasteiger partial charge in [-0.15, -0.1) is 0 Å². The van der Waals surface area contributed by atoms with Gasteiger partial charge in [0.1, 0.15) is 0 Å². The van der Waals surface area contributed by atoms with Gasteiger partial charge in [-0.3, -0.25) is 9.10 Å². The van der Waals surface area contributed by atoms with Crippen LogP contribution < -0.4 is 14.2 Å². The van der Waals surface area contributed by atoms with Gasteiger partial charge in [0.05, 0.1) is 10.6 Å². The summed E-state index contributed by atoms with van der Waals surface area (Å²) in [5.74, 6) is -0.231. The number of sulfonamides is 1. The van der Waals surface area contributed by atoms with Gasteiger partial charge in [-0.1, -0.05) is 30.3 Å². The van der Waals surface area contributed by atoms with Crippen molar-refractivity contribution in [3.05, 3.63) is 84.7 Å². The number of para-hydroxylation sites is 1. The van der Waals surface area contributed by atoms with Crippen molar-refractivity contribution in [3.8, 4) is 0 Å². The predicted octanol–water partition coefficient (Wildman–Crippen LogP) is 2.75. The summed E-state index contributed by atoms with van der Waals surface area (Å²) in [7, 11) is -2.23. The third-order valence-electron chi connectivity index (χ3n) is 4.38. The van der Waals surface area contributed by atoms with Crippen molar-refractivity contribution in [2.75, 3.05) is 16.7 Å². The normalized spacial score (nSPS) is 11.1. The molecule has 0 atom stereocenters. The number of nitrogens with one attached hydrogen (secondary N) is 1. The van der Waals surface area contributed by atoms with Gasteiger partial charge >= 0.3 is 0 Å². The zero-order valence-electron chi connectivity index (χ0n) is 15.7. The monoisotopic (exact) mass is 396 g/mol. The Bertz CT molecular complexity index is 1080. The number of nitrogens with zero attached hydrogens (tertiary/aromatic N) is 2. The molecule has 28 heavy (non-hydrogen) atoms. The summed E-state index contributed by atoms with van der Waals surface area (Å²) < 4.78 is 28.9. The fraction of sp³-hybridized carbons (Fsp3) is 0.143. The van der Waals surface area contributed by atoms with Crippen molar-refractivity contribution in [1.29, 1.82) is 0 Å². The number of hydrogen-bond acceptors (Lipinski definition) is 3. The molecule has 0 unspecified atom stereocenters. The van der Waals surface area contributed by atoms with E-state index < -0.39 is 10.0 Å². The summed E-state index contributed by atoms with van der Waals surface area (Å²) in [5.41, 5.74) is 1.95. The molecule has 0 fully saturated rings. The number of rotatable bonds is 6. The van der Waals surface area contributed by atoms with Crippen LogP contribution in [0, 0.1) is 6.92 Å². The molecule has 7 heteroatoms. The first-order valence-electron chi connectivity index (χ1n) is 8.77. The first-order chi connectivity index (χ1) is 13.4. The average Bonchev–Trinajstić information content (AvgIpc) is 2.70. The van der Waals surface area contributed by atoms with Crippen LogP contribution >= 0.6 is 0 Å². The smallest absolute Gasteiger partial charge is 0.290 e.